The van der Waals surface area contributed by atoms with Crippen molar-refractivity contribution in [2.45, 2.75) is 17.7 Å². The molecular weight excluding hydrogens is 428 g/mol. The van der Waals surface area contributed by atoms with E-state index in [0.29, 0.717) is 23.5 Å². The Labute approximate surface area is 170 Å². The number of nitrogens with zero attached hydrogens (tertiary/aromatic N) is 1. The third-order valence-electron chi connectivity index (χ3n) is 3.37. The molecule has 2 aromatic rings. The molecule has 0 aliphatic carbocycles. The van der Waals surface area contributed by atoms with Gasteiger partial charge in [0, 0.05) is 40.2 Å². The largest absolute Gasteiger partial charge is 0.337 e. The highest BCUT2D eigenvalue weighted by Gasteiger charge is 2.08. The number of hydrogen-bond acceptors (Lipinski definition) is 4. The zero-order valence-corrected chi connectivity index (χ0v) is 16.9. The van der Waals surface area contributed by atoms with Crippen LogP contribution in [-0.2, 0) is 4.79 Å². The van der Waals surface area contributed by atoms with E-state index in [-0.39, 0.29) is 24.9 Å². The van der Waals surface area contributed by atoms with Gasteiger partial charge in [0.15, 0.2) is 0 Å². The van der Waals surface area contributed by atoms with Gasteiger partial charge in [-0.1, -0.05) is 28.1 Å². The minimum Gasteiger partial charge on any atom is -0.337 e. The van der Waals surface area contributed by atoms with Crippen LogP contribution < -0.4 is 16.0 Å². The molecule has 140 valence electrons. The minimum absolute atomic E-state index is 0.158. The number of carbonyl (C=O) groups excluding carboxylic acids is 2. The van der Waals surface area contributed by atoms with E-state index in [0.717, 1.165) is 9.37 Å². The number of benzene rings is 2. The van der Waals surface area contributed by atoms with Gasteiger partial charge in [0.1, 0.15) is 0 Å². The molecule has 0 radical (unpaired) electrons. The Balaban J connectivity index is 1.75. The molecule has 0 aromatic heterocycles. The number of thioether (sulfide) groups is 1. The molecule has 0 saturated carbocycles. The number of para-hydroxylation sites is 1. The van der Waals surface area contributed by atoms with Crippen molar-refractivity contribution >= 4 is 51.0 Å². The van der Waals surface area contributed by atoms with E-state index in [9.17, 15) is 9.59 Å². The highest BCUT2D eigenvalue weighted by molar-refractivity contribution is 9.10. The fraction of sp³-hybridized carbons (Fsp3) is 0.211. The van der Waals surface area contributed by atoms with Gasteiger partial charge in [0.25, 0.3) is 0 Å². The van der Waals surface area contributed by atoms with Gasteiger partial charge in [0.05, 0.1) is 11.8 Å². The molecule has 0 unspecified atom stereocenters. The molecule has 0 heterocycles. The standard InChI is InChI=1S/C19H19BrN4O2S/c20-14-6-8-15(9-7-14)23-19(26)22-12-10-18(25)24-16-4-1-2-5-17(16)27-13-3-11-21/h1-2,4-9H,3,10,12-13H2,(H,24,25)(H2,22,23,26). The number of urea groups is 1. The van der Waals surface area contributed by atoms with Crippen molar-refractivity contribution in [2.75, 3.05) is 22.9 Å². The summed E-state index contributed by atoms with van der Waals surface area (Å²) >= 11 is 4.85. The monoisotopic (exact) mass is 446 g/mol. The smallest absolute Gasteiger partial charge is 0.319 e. The third-order valence-corrected chi connectivity index (χ3v) is 4.98. The predicted octanol–water partition coefficient (Wildman–Crippen LogP) is 4.61. The molecule has 0 spiro atoms. The summed E-state index contributed by atoms with van der Waals surface area (Å²) in [5.41, 5.74) is 1.38. The van der Waals surface area contributed by atoms with Crippen LogP contribution in [0.15, 0.2) is 57.9 Å². The average Bonchev–Trinajstić information content (AvgIpc) is 2.65. The van der Waals surface area contributed by atoms with Gasteiger partial charge in [-0.05, 0) is 36.4 Å². The lowest BCUT2D eigenvalue weighted by Gasteiger charge is -2.11. The zero-order chi connectivity index (χ0) is 19.5. The van der Waals surface area contributed by atoms with Gasteiger partial charge in [-0.25, -0.2) is 4.79 Å². The molecule has 2 aromatic carbocycles. The summed E-state index contributed by atoms with van der Waals surface area (Å²) in [6.45, 7) is 0.220. The highest BCUT2D eigenvalue weighted by atomic mass is 79.9. The summed E-state index contributed by atoms with van der Waals surface area (Å²) in [4.78, 5) is 24.9. The summed E-state index contributed by atoms with van der Waals surface area (Å²) in [6.07, 6.45) is 0.606. The van der Waals surface area contributed by atoms with E-state index in [1.54, 1.807) is 12.1 Å². The predicted molar refractivity (Wildman–Crippen MR) is 112 cm³/mol. The molecule has 8 heteroatoms. The number of carbonyl (C=O) groups is 2. The van der Waals surface area contributed by atoms with Crippen molar-refractivity contribution in [3.8, 4) is 6.07 Å². The summed E-state index contributed by atoms with van der Waals surface area (Å²) < 4.78 is 0.927. The molecule has 0 fully saturated rings. The molecule has 27 heavy (non-hydrogen) atoms. The first kappa shape index (κ1) is 20.8. The molecule has 6 nitrogen and oxygen atoms in total. The first-order chi connectivity index (χ1) is 13.1. The molecule has 0 aliphatic heterocycles. The van der Waals surface area contributed by atoms with Crippen LogP contribution in [0, 0.1) is 11.3 Å². The maximum Gasteiger partial charge on any atom is 0.319 e. The van der Waals surface area contributed by atoms with Gasteiger partial charge >= 0.3 is 6.03 Å². The lowest BCUT2D eigenvalue weighted by Crippen LogP contribution is -2.31. The second-order valence-electron chi connectivity index (χ2n) is 5.44. The highest BCUT2D eigenvalue weighted by Crippen LogP contribution is 2.27. The van der Waals surface area contributed by atoms with E-state index >= 15 is 0 Å². The normalized spacial score (nSPS) is 9.93. The number of halogens is 1. The van der Waals surface area contributed by atoms with E-state index in [4.69, 9.17) is 5.26 Å². The fourth-order valence-corrected chi connectivity index (χ4v) is 3.24. The Morgan fingerprint density at radius 2 is 1.81 bits per heavy atom. The van der Waals surface area contributed by atoms with Crippen molar-refractivity contribution in [3.63, 3.8) is 0 Å². The first-order valence-electron chi connectivity index (χ1n) is 8.27. The summed E-state index contributed by atoms with van der Waals surface area (Å²) in [5.74, 6) is 0.480. The first-order valence-corrected chi connectivity index (χ1v) is 10.1. The number of hydrogen-bond donors (Lipinski definition) is 3. The molecule has 3 amide bonds. The van der Waals surface area contributed by atoms with Crippen LogP contribution in [0.2, 0.25) is 0 Å². The fourth-order valence-electron chi connectivity index (χ4n) is 2.11. The third kappa shape index (κ3) is 7.72. The van der Waals surface area contributed by atoms with Gasteiger partial charge in [-0.15, -0.1) is 11.8 Å². The molecular formula is C19H19BrN4O2S. The topological polar surface area (TPSA) is 94.0 Å². The van der Waals surface area contributed by atoms with Crippen molar-refractivity contribution in [1.82, 2.24) is 5.32 Å². The zero-order valence-electron chi connectivity index (χ0n) is 14.5. The molecule has 0 bridgehead atoms. The van der Waals surface area contributed by atoms with Crippen LogP contribution in [0.5, 0.6) is 0 Å². The van der Waals surface area contributed by atoms with Crippen LogP contribution in [0.4, 0.5) is 16.2 Å². The van der Waals surface area contributed by atoms with Crippen molar-refractivity contribution in [2.24, 2.45) is 0 Å². The van der Waals surface area contributed by atoms with E-state index in [1.807, 2.05) is 36.4 Å². The van der Waals surface area contributed by atoms with E-state index in [2.05, 4.69) is 37.9 Å². The lowest BCUT2D eigenvalue weighted by atomic mass is 10.3. The van der Waals surface area contributed by atoms with Crippen LogP contribution in [0.3, 0.4) is 0 Å². The Hall–Kier alpha value is -2.50. The van der Waals surface area contributed by atoms with Gasteiger partial charge < -0.3 is 16.0 Å². The molecule has 3 N–H and O–H groups in total. The number of nitrogens with one attached hydrogen (secondary N) is 3. The second kappa shape index (κ2) is 11.3. The molecule has 0 atom stereocenters. The van der Waals surface area contributed by atoms with Crippen molar-refractivity contribution in [1.29, 1.82) is 5.26 Å². The van der Waals surface area contributed by atoms with Crippen molar-refractivity contribution in [3.05, 3.63) is 53.0 Å². The number of amides is 3. The quantitative estimate of drug-likeness (QED) is 0.407. The molecule has 0 saturated heterocycles. The summed E-state index contributed by atoms with van der Waals surface area (Å²) in [6, 6.07) is 16.4. The number of nitriles is 1. The van der Waals surface area contributed by atoms with Crippen LogP contribution in [0.25, 0.3) is 0 Å². The van der Waals surface area contributed by atoms with Crippen LogP contribution in [-0.4, -0.2) is 24.2 Å². The minimum atomic E-state index is -0.363. The molecule has 2 rings (SSSR count). The summed E-state index contributed by atoms with van der Waals surface area (Å²) in [7, 11) is 0. The Morgan fingerprint density at radius 3 is 2.56 bits per heavy atom. The average molecular weight is 447 g/mol. The Bertz CT molecular complexity index is 821. The maximum atomic E-state index is 12.1. The second-order valence-corrected chi connectivity index (χ2v) is 7.49. The molecule has 0 aliphatic rings. The van der Waals surface area contributed by atoms with Crippen molar-refractivity contribution < 1.29 is 9.59 Å². The van der Waals surface area contributed by atoms with E-state index < -0.39 is 0 Å². The van der Waals surface area contributed by atoms with Crippen LogP contribution in [0.1, 0.15) is 12.8 Å². The maximum absolute atomic E-state index is 12.1. The number of anilines is 2. The number of rotatable bonds is 8. The SMILES string of the molecule is N#CCCSc1ccccc1NC(=O)CCNC(=O)Nc1ccc(Br)cc1. The van der Waals surface area contributed by atoms with E-state index in [1.165, 1.54) is 11.8 Å². The Morgan fingerprint density at radius 1 is 1.07 bits per heavy atom. The van der Waals surface area contributed by atoms with Crippen LogP contribution >= 0.6 is 27.7 Å². The van der Waals surface area contributed by atoms with Gasteiger partial charge in [0.2, 0.25) is 5.91 Å². The lowest BCUT2D eigenvalue weighted by molar-refractivity contribution is -0.116. The Kier molecular flexibility index (Phi) is 8.68. The summed E-state index contributed by atoms with van der Waals surface area (Å²) in [5, 5.41) is 16.8. The van der Waals surface area contributed by atoms with Gasteiger partial charge in [-0.3, -0.25) is 4.79 Å². The van der Waals surface area contributed by atoms with Gasteiger partial charge in [-0.2, -0.15) is 5.26 Å².